The van der Waals surface area contributed by atoms with Crippen LogP contribution in [0.15, 0.2) is 60.0 Å². The molecule has 150 valence electrons. The van der Waals surface area contributed by atoms with Crippen LogP contribution >= 0.6 is 24.0 Å². The molecule has 5 nitrogen and oxygen atoms in total. The molecule has 1 fully saturated rings. The van der Waals surface area contributed by atoms with Crippen molar-refractivity contribution in [2.45, 2.75) is 6.54 Å². The molecule has 1 saturated heterocycles. The maximum absolute atomic E-state index is 12.9. The Morgan fingerprint density at radius 3 is 2.52 bits per heavy atom. The number of carbonyl (C=O) groups excluding carboxylic acids is 1. The second-order valence-corrected chi connectivity index (χ2v) is 7.80. The van der Waals surface area contributed by atoms with E-state index in [0.29, 0.717) is 33.9 Å². The van der Waals surface area contributed by atoms with Gasteiger partial charge in [-0.05, 0) is 41.5 Å². The van der Waals surface area contributed by atoms with Gasteiger partial charge in [-0.3, -0.25) is 9.69 Å². The smallest absolute Gasteiger partial charge is 0.266 e. The van der Waals surface area contributed by atoms with Crippen LogP contribution in [0.3, 0.4) is 0 Å². The zero-order valence-electron chi connectivity index (χ0n) is 16.2. The molecule has 0 aliphatic carbocycles. The first-order chi connectivity index (χ1) is 14.0. The maximum atomic E-state index is 12.9. The van der Waals surface area contributed by atoms with Crippen molar-refractivity contribution in [1.82, 2.24) is 4.90 Å². The number of carbonyl (C=O) groups is 1. The summed E-state index contributed by atoms with van der Waals surface area (Å²) in [4.78, 5) is 15.0. The van der Waals surface area contributed by atoms with Crippen molar-refractivity contribution in [2.75, 3.05) is 20.8 Å². The quantitative estimate of drug-likeness (QED) is 0.347. The summed E-state index contributed by atoms with van der Waals surface area (Å²) in [5, 5.41) is 0. The van der Waals surface area contributed by atoms with Gasteiger partial charge >= 0.3 is 0 Å². The highest BCUT2D eigenvalue weighted by Gasteiger charge is 2.32. The lowest BCUT2D eigenvalue weighted by molar-refractivity contribution is -0.122. The molecule has 0 saturated carbocycles. The van der Waals surface area contributed by atoms with E-state index in [9.17, 15) is 4.79 Å². The Kier molecular flexibility index (Phi) is 6.95. The fourth-order valence-electron chi connectivity index (χ4n) is 2.74. The highest BCUT2D eigenvalue weighted by molar-refractivity contribution is 8.26. The molecule has 3 rings (SSSR count). The SMILES string of the molecule is C=CCOc1ccc(C=C2SC(=S)N(Cc3ccc(OC)cc3)C2=O)cc1OC. The Morgan fingerprint density at radius 1 is 1.10 bits per heavy atom. The molecule has 0 radical (unpaired) electrons. The normalized spacial score (nSPS) is 15.0. The number of amides is 1. The number of hydrogen-bond acceptors (Lipinski definition) is 6. The molecule has 0 unspecified atom stereocenters. The maximum Gasteiger partial charge on any atom is 0.266 e. The minimum Gasteiger partial charge on any atom is -0.497 e. The Hall–Kier alpha value is -2.77. The van der Waals surface area contributed by atoms with Crippen LogP contribution in [0.5, 0.6) is 17.2 Å². The Morgan fingerprint density at radius 2 is 1.86 bits per heavy atom. The van der Waals surface area contributed by atoms with Gasteiger partial charge in [0.2, 0.25) is 0 Å². The molecule has 0 aromatic heterocycles. The van der Waals surface area contributed by atoms with E-state index in [0.717, 1.165) is 16.9 Å². The largest absolute Gasteiger partial charge is 0.497 e. The first-order valence-electron chi connectivity index (χ1n) is 8.85. The van der Waals surface area contributed by atoms with Crippen LogP contribution < -0.4 is 14.2 Å². The van der Waals surface area contributed by atoms with Crippen LogP contribution in [0.1, 0.15) is 11.1 Å². The standard InChI is InChI=1S/C22H21NO4S2/c1-4-11-27-18-10-7-16(12-19(18)26-3)13-20-21(24)23(22(28)29-20)14-15-5-8-17(25-2)9-6-15/h4-10,12-13H,1,11,14H2,2-3H3. The molecule has 0 spiro atoms. The van der Waals surface area contributed by atoms with Crippen molar-refractivity contribution in [3.8, 4) is 17.2 Å². The summed E-state index contributed by atoms with van der Waals surface area (Å²) in [5.74, 6) is 1.88. The van der Waals surface area contributed by atoms with Crippen molar-refractivity contribution in [1.29, 1.82) is 0 Å². The van der Waals surface area contributed by atoms with E-state index >= 15 is 0 Å². The van der Waals surface area contributed by atoms with Gasteiger partial charge in [-0.1, -0.05) is 54.8 Å². The van der Waals surface area contributed by atoms with E-state index < -0.39 is 0 Å². The molecule has 0 N–H and O–H groups in total. The number of benzene rings is 2. The fourth-order valence-corrected chi connectivity index (χ4v) is 4.00. The summed E-state index contributed by atoms with van der Waals surface area (Å²) < 4.78 is 16.7. The molecule has 1 amide bonds. The van der Waals surface area contributed by atoms with Gasteiger partial charge in [0.05, 0.1) is 25.7 Å². The van der Waals surface area contributed by atoms with Gasteiger partial charge in [0.25, 0.3) is 5.91 Å². The lowest BCUT2D eigenvalue weighted by Gasteiger charge is -2.14. The molecule has 0 bridgehead atoms. The van der Waals surface area contributed by atoms with Crippen molar-refractivity contribution in [2.24, 2.45) is 0 Å². The molecule has 1 heterocycles. The van der Waals surface area contributed by atoms with Crippen LogP contribution in [0.4, 0.5) is 0 Å². The molecule has 7 heteroatoms. The number of ether oxygens (including phenoxy) is 3. The van der Waals surface area contributed by atoms with E-state index in [1.165, 1.54) is 11.8 Å². The van der Waals surface area contributed by atoms with Crippen molar-refractivity contribution in [3.05, 3.63) is 71.2 Å². The van der Waals surface area contributed by atoms with E-state index in [1.807, 2.05) is 48.5 Å². The number of hydrogen-bond donors (Lipinski definition) is 0. The number of methoxy groups -OCH3 is 2. The Bertz CT molecular complexity index is 954. The molecule has 0 atom stereocenters. The van der Waals surface area contributed by atoms with Crippen LogP contribution in [-0.4, -0.2) is 36.0 Å². The van der Waals surface area contributed by atoms with Gasteiger partial charge in [0, 0.05) is 0 Å². The van der Waals surface area contributed by atoms with Gasteiger partial charge in [-0.15, -0.1) is 0 Å². The minimum atomic E-state index is -0.109. The summed E-state index contributed by atoms with van der Waals surface area (Å²) in [6, 6.07) is 13.1. The van der Waals surface area contributed by atoms with Gasteiger partial charge in [0.15, 0.2) is 11.5 Å². The molecular formula is C22H21NO4S2. The van der Waals surface area contributed by atoms with Crippen LogP contribution in [0.25, 0.3) is 6.08 Å². The third-order valence-corrected chi connectivity index (χ3v) is 5.59. The van der Waals surface area contributed by atoms with Gasteiger partial charge in [-0.2, -0.15) is 0 Å². The average molecular weight is 428 g/mol. The van der Waals surface area contributed by atoms with Crippen molar-refractivity contribution >= 4 is 40.3 Å². The number of thiocarbonyl (C=S) groups is 1. The van der Waals surface area contributed by atoms with E-state index in [1.54, 1.807) is 25.2 Å². The van der Waals surface area contributed by atoms with E-state index in [2.05, 4.69) is 6.58 Å². The Balaban J connectivity index is 1.77. The number of rotatable bonds is 8. The van der Waals surface area contributed by atoms with Crippen molar-refractivity contribution in [3.63, 3.8) is 0 Å². The van der Waals surface area contributed by atoms with E-state index in [4.69, 9.17) is 26.4 Å². The number of nitrogens with zero attached hydrogens (tertiary/aromatic N) is 1. The lowest BCUT2D eigenvalue weighted by atomic mass is 10.1. The van der Waals surface area contributed by atoms with Gasteiger partial charge in [0.1, 0.15) is 16.7 Å². The van der Waals surface area contributed by atoms with Crippen LogP contribution in [0, 0.1) is 0 Å². The third-order valence-electron chi connectivity index (χ3n) is 4.22. The summed E-state index contributed by atoms with van der Waals surface area (Å²) >= 11 is 6.72. The molecule has 2 aromatic carbocycles. The van der Waals surface area contributed by atoms with Gasteiger partial charge < -0.3 is 14.2 Å². The molecule has 2 aromatic rings. The summed E-state index contributed by atoms with van der Waals surface area (Å²) in [6.45, 7) is 4.45. The molecular weight excluding hydrogens is 406 g/mol. The minimum absolute atomic E-state index is 0.109. The lowest BCUT2D eigenvalue weighted by Crippen LogP contribution is -2.27. The summed E-state index contributed by atoms with van der Waals surface area (Å²) in [5.41, 5.74) is 1.81. The second-order valence-electron chi connectivity index (χ2n) is 6.13. The van der Waals surface area contributed by atoms with Crippen molar-refractivity contribution < 1.29 is 19.0 Å². The zero-order valence-corrected chi connectivity index (χ0v) is 17.8. The first-order valence-corrected chi connectivity index (χ1v) is 10.1. The highest BCUT2D eigenvalue weighted by Crippen LogP contribution is 2.35. The predicted octanol–water partition coefficient (Wildman–Crippen LogP) is 4.67. The molecule has 1 aliphatic rings. The zero-order chi connectivity index (χ0) is 20.8. The fraction of sp³-hybridized carbons (Fsp3) is 0.182. The van der Waals surface area contributed by atoms with Crippen LogP contribution in [0.2, 0.25) is 0 Å². The molecule has 1 aliphatic heterocycles. The average Bonchev–Trinajstić information content (AvgIpc) is 3.00. The summed E-state index contributed by atoms with van der Waals surface area (Å²) in [6.07, 6.45) is 3.48. The predicted molar refractivity (Wildman–Crippen MR) is 120 cm³/mol. The van der Waals surface area contributed by atoms with Gasteiger partial charge in [-0.25, -0.2) is 0 Å². The summed E-state index contributed by atoms with van der Waals surface area (Å²) in [7, 11) is 3.20. The topological polar surface area (TPSA) is 48.0 Å². The first kappa shape index (κ1) is 21.0. The monoisotopic (exact) mass is 427 g/mol. The Labute approximate surface area is 179 Å². The second kappa shape index (κ2) is 9.62. The number of thioether (sulfide) groups is 1. The van der Waals surface area contributed by atoms with E-state index in [-0.39, 0.29) is 5.91 Å². The molecule has 29 heavy (non-hydrogen) atoms. The highest BCUT2D eigenvalue weighted by atomic mass is 32.2. The third kappa shape index (κ3) is 4.99. The van der Waals surface area contributed by atoms with Crippen LogP contribution in [-0.2, 0) is 11.3 Å².